The van der Waals surface area contributed by atoms with Gasteiger partial charge >= 0.3 is 0 Å². The van der Waals surface area contributed by atoms with Crippen LogP contribution in [0.4, 0.5) is 10.1 Å². The van der Waals surface area contributed by atoms with E-state index in [1.165, 1.54) is 19.6 Å². The Hall–Kier alpha value is -1.33. The molecule has 1 aromatic carbocycles. The summed E-state index contributed by atoms with van der Waals surface area (Å²) in [5, 5.41) is 0. The first-order valence-corrected chi connectivity index (χ1v) is 8.38. The second-order valence-electron chi connectivity index (χ2n) is 6.91. The molecular weight excluding hydrogens is 331 g/mol. The van der Waals surface area contributed by atoms with Crippen molar-refractivity contribution in [3.05, 3.63) is 24.0 Å². The lowest BCUT2D eigenvalue weighted by Crippen LogP contribution is -2.49. The van der Waals surface area contributed by atoms with Gasteiger partial charge in [0.2, 0.25) is 5.91 Å². The lowest BCUT2D eigenvalue weighted by Gasteiger charge is -2.44. The summed E-state index contributed by atoms with van der Waals surface area (Å²) >= 11 is 0. The molecule has 0 aromatic heterocycles. The SMILES string of the molecule is COc1ccc(N(C)C(=O)C2CC3CCCC(C2)C3N)cc1F.Cl. The van der Waals surface area contributed by atoms with Crippen molar-refractivity contribution in [2.75, 3.05) is 19.1 Å². The van der Waals surface area contributed by atoms with Crippen molar-refractivity contribution in [3.63, 3.8) is 0 Å². The zero-order valence-corrected chi connectivity index (χ0v) is 15.0. The number of hydrogen-bond donors (Lipinski definition) is 1. The Labute approximate surface area is 148 Å². The van der Waals surface area contributed by atoms with Crippen molar-refractivity contribution in [3.8, 4) is 5.75 Å². The van der Waals surface area contributed by atoms with Crippen molar-refractivity contribution in [2.45, 2.75) is 38.1 Å². The molecule has 2 N–H and O–H groups in total. The van der Waals surface area contributed by atoms with Crippen molar-refractivity contribution >= 4 is 24.0 Å². The number of rotatable bonds is 3. The Balaban J connectivity index is 0.00000208. The Morgan fingerprint density at radius 3 is 2.46 bits per heavy atom. The molecule has 0 radical (unpaired) electrons. The molecule has 2 fully saturated rings. The van der Waals surface area contributed by atoms with E-state index in [1.807, 2.05) is 0 Å². The molecule has 1 aromatic rings. The van der Waals surface area contributed by atoms with Crippen LogP contribution >= 0.6 is 12.4 Å². The minimum Gasteiger partial charge on any atom is -0.494 e. The molecule has 0 spiro atoms. The molecule has 2 saturated carbocycles. The predicted octanol–water partition coefficient (Wildman–Crippen LogP) is 3.37. The number of benzene rings is 1. The van der Waals surface area contributed by atoms with Gasteiger partial charge in [0.05, 0.1) is 7.11 Å². The van der Waals surface area contributed by atoms with Gasteiger partial charge in [-0.2, -0.15) is 0 Å². The van der Waals surface area contributed by atoms with Crippen LogP contribution in [-0.4, -0.2) is 26.1 Å². The van der Waals surface area contributed by atoms with E-state index in [0.717, 1.165) is 25.7 Å². The van der Waals surface area contributed by atoms with Gasteiger partial charge in [-0.05, 0) is 49.7 Å². The molecule has 3 rings (SSSR count). The van der Waals surface area contributed by atoms with Crippen LogP contribution in [0.1, 0.15) is 32.1 Å². The molecule has 2 unspecified atom stereocenters. The number of nitrogens with two attached hydrogens (primary N) is 1. The maximum atomic E-state index is 13.9. The highest BCUT2D eigenvalue weighted by atomic mass is 35.5. The molecule has 134 valence electrons. The summed E-state index contributed by atoms with van der Waals surface area (Å²) < 4.78 is 18.8. The molecule has 2 bridgehead atoms. The average Bonchev–Trinajstić information content (AvgIpc) is 2.53. The normalized spacial score (nSPS) is 28.7. The molecule has 2 aliphatic carbocycles. The fourth-order valence-corrected chi connectivity index (χ4v) is 4.26. The summed E-state index contributed by atoms with van der Waals surface area (Å²) in [7, 11) is 3.14. The smallest absolute Gasteiger partial charge is 0.229 e. The third-order valence-corrected chi connectivity index (χ3v) is 5.62. The van der Waals surface area contributed by atoms with Crippen molar-refractivity contribution in [2.24, 2.45) is 23.5 Å². The molecule has 2 aliphatic rings. The van der Waals surface area contributed by atoms with E-state index in [2.05, 4.69) is 0 Å². The second-order valence-corrected chi connectivity index (χ2v) is 6.91. The zero-order chi connectivity index (χ0) is 16.6. The number of ether oxygens (including phenoxy) is 1. The number of methoxy groups -OCH3 is 1. The van der Waals surface area contributed by atoms with E-state index < -0.39 is 5.82 Å². The van der Waals surface area contributed by atoms with Gasteiger partial charge < -0.3 is 15.4 Å². The van der Waals surface area contributed by atoms with Crippen LogP contribution in [0.2, 0.25) is 0 Å². The van der Waals surface area contributed by atoms with E-state index in [9.17, 15) is 9.18 Å². The van der Waals surface area contributed by atoms with Crippen LogP contribution < -0.4 is 15.4 Å². The third kappa shape index (κ3) is 3.52. The first kappa shape index (κ1) is 19.0. The van der Waals surface area contributed by atoms with Gasteiger partial charge in [-0.1, -0.05) is 6.42 Å². The van der Waals surface area contributed by atoms with Crippen LogP contribution in [-0.2, 0) is 4.79 Å². The van der Waals surface area contributed by atoms with Crippen LogP contribution in [0.5, 0.6) is 5.75 Å². The maximum absolute atomic E-state index is 13.9. The van der Waals surface area contributed by atoms with Crippen molar-refractivity contribution in [1.82, 2.24) is 0 Å². The standard InChI is InChI=1S/C18H25FN2O2.ClH/c1-21(14-6-7-16(23-2)15(19)10-14)18(22)13-8-11-4-3-5-12(9-13)17(11)20;/h6-7,10-13,17H,3-5,8-9,20H2,1-2H3;1H. The van der Waals surface area contributed by atoms with Gasteiger partial charge in [0, 0.05) is 30.8 Å². The average molecular weight is 357 g/mol. The Morgan fingerprint density at radius 2 is 1.92 bits per heavy atom. The third-order valence-electron chi connectivity index (χ3n) is 5.62. The van der Waals surface area contributed by atoms with Crippen molar-refractivity contribution < 1.29 is 13.9 Å². The quantitative estimate of drug-likeness (QED) is 0.903. The van der Waals surface area contributed by atoms with Crippen molar-refractivity contribution in [1.29, 1.82) is 0 Å². The number of hydrogen-bond acceptors (Lipinski definition) is 3. The van der Waals surface area contributed by atoms with Gasteiger partial charge in [-0.25, -0.2) is 4.39 Å². The second kappa shape index (κ2) is 7.70. The van der Waals surface area contributed by atoms with Crippen LogP contribution in [0, 0.1) is 23.6 Å². The highest BCUT2D eigenvalue weighted by Crippen LogP contribution is 2.42. The lowest BCUT2D eigenvalue weighted by molar-refractivity contribution is -0.124. The van der Waals surface area contributed by atoms with Gasteiger partial charge in [-0.15, -0.1) is 12.4 Å². The zero-order valence-electron chi connectivity index (χ0n) is 14.2. The van der Waals surface area contributed by atoms with E-state index >= 15 is 0 Å². The number of anilines is 1. The summed E-state index contributed by atoms with van der Waals surface area (Å²) in [5.41, 5.74) is 6.86. The fraction of sp³-hybridized carbons (Fsp3) is 0.611. The summed E-state index contributed by atoms with van der Waals surface area (Å²) in [6.45, 7) is 0. The molecule has 1 amide bonds. The van der Waals surface area contributed by atoms with Gasteiger partial charge in [-0.3, -0.25) is 4.79 Å². The number of carbonyl (C=O) groups is 1. The number of amides is 1. The summed E-state index contributed by atoms with van der Waals surface area (Å²) in [4.78, 5) is 14.4. The topological polar surface area (TPSA) is 55.6 Å². The predicted molar refractivity (Wildman–Crippen MR) is 95.1 cm³/mol. The molecule has 2 atom stereocenters. The summed E-state index contributed by atoms with van der Waals surface area (Å²) in [6, 6.07) is 4.87. The molecule has 4 nitrogen and oxygen atoms in total. The Bertz CT molecular complexity index is 584. The lowest BCUT2D eigenvalue weighted by atomic mass is 9.65. The molecular formula is C18H26ClFN2O2. The van der Waals surface area contributed by atoms with Crippen LogP contribution in [0.3, 0.4) is 0 Å². The minimum atomic E-state index is -0.452. The van der Waals surface area contributed by atoms with Crippen LogP contribution in [0.15, 0.2) is 18.2 Å². The molecule has 0 saturated heterocycles. The number of fused-ring (bicyclic) bond motifs is 2. The molecule has 24 heavy (non-hydrogen) atoms. The molecule has 0 heterocycles. The number of nitrogens with zero attached hydrogens (tertiary/aromatic N) is 1. The van der Waals surface area contributed by atoms with Gasteiger partial charge in [0.25, 0.3) is 0 Å². The highest BCUT2D eigenvalue weighted by molar-refractivity contribution is 5.94. The van der Waals surface area contributed by atoms with Gasteiger partial charge in [0.15, 0.2) is 11.6 Å². The summed E-state index contributed by atoms with van der Waals surface area (Å²) in [6.07, 6.45) is 5.20. The van der Waals surface area contributed by atoms with Crippen LogP contribution in [0.25, 0.3) is 0 Å². The minimum absolute atomic E-state index is 0. The fourth-order valence-electron chi connectivity index (χ4n) is 4.26. The number of carbonyl (C=O) groups excluding carboxylic acids is 1. The molecule has 0 aliphatic heterocycles. The Morgan fingerprint density at radius 1 is 1.29 bits per heavy atom. The highest BCUT2D eigenvalue weighted by Gasteiger charge is 2.41. The van der Waals surface area contributed by atoms with E-state index in [4.69, 9.17) is 10.5 Å². The van der Waals surface area contributed by atoms with Gasteiger partial charge in [0.1, 0.15) is 0 Å². The maximum Gasteiger partial charge on any atom is 0.229 e. The van der Waals surface area contributed by atoms with E-state index in [0.29, 0.717) is 17.5 Å². The summed E-state index contributed by atoms with van der Waals surface area (Å²) in [5.74, 6) is 0.716. The largest absolute Gasteiger partial charge is 0.494 e. The monoisotopic (exact) mass is 356 g/mol. The van der Waals surface area contributed by atoms with E-state index in [-0.39, 0.29) is 36.0 Å². The van der Waals surface area contributed by atoms with E-state index in [1.54, 1.807) is 24.1 Å². The molecule has 6 heteroatoms. The first-order valence-electron chi connectivity index (χ1n) is 8.38. The first-order chi connectivity index (χ1) is 11.0. The Kier molecular flexibility index (Phi) is 6.10. The number of halogens is 2.